The van der Waals surface area contributed by atoms with Crippen LogP contribution in [0.15, 0.2) is 30.3 Å². The van der Waals surface area contributed by atoms with E-state index in [4.69, 9.17) is 4.74 Å². The Morgan fingerprint density at radius 3 is 2.62 bits per heavy atom. The second kappa shape index (κ2) is 6.44. The van der Waals surface area contributed by atoms with E-state index < -0.39 is 10.0 Å². The van der Waals surface area contributed by atoms with Gasteiger partial charge in [-0.3, -0.25) is 4.90 Å². The molecule has 0 amide bonds. The maximum absolute atomic E-state index is 11.2. The number of sulfonamides is 1. The summed E-state index contributed by atoms with van der Waals surface area (Å²) in [6, 6.07) is 10.3. The van der Waals surface area contributed by atoms with Gasteiger partial charge in [0.25, 0.3) is 0 Å². The Bertz CT molecular complexity index is 558. The Morgan fingerprint density at radius 1 is 1.33 bits per heavy atom. The zero-order valence-electron chi connectivity index (χ0n) is 12.9. The summed E-state index contributed by atoms with van der Waals surface area (Å²) in [4.78, 5) is 2.35. The Labute approximate surface area is 127 Å². The summed E-state index contributed by atoms with van der Waals surface area (Å²) >= 11 is 0. The minimum Gasteiger partial charge on any atom is -0.374 e. The highest BCUT2D eigenvalue weighted by Gasteiger charge is 2.35. The summed E-state index contributed by atoms with van der Waals surface area (Å²) in [6.07, 6.45) is 1.05. The van der Waals surface area contributed by atoms with Crippen LogP contribution in [0.25, 0.3) is 0 Å². The van der Waals surface area contributed by atoms with E-state index in [-0.39, 0.29) is 11.6 Å². The van der Waals surface area contributed by atoms with E-state index in [9.17, 15) is 8.42 Å². The van der Waals surface area contributed by atoms with Crippen molar-refractivity contribution in [1.29, 1.82) is 0 Å². The molecule has 21 heavy (non-hydrogen) atoms. The minimum atomic E-state index is -3.18. The molecule has 118 valence electrons. The first-order valence-electron chi connectivity index (χ1n) is 7.11. The number of hydrogen-bond donors (Lipinski definition) is 1. The molecule has 6 heteroatoms. The van der Waals surface area contributed by atoms with E-state index in [0.717, 1.165) is 6.54 Å². The quantitative estimate of drug-likeness (QED) is 0.888. The predicted molar refractivity (Wildman–Crippen MR) is 83.5 cm³/mol. The fraction of sp³-hybridized carbons (Fsp3) is 0.600. The molecule has 1 aromatic carbocycles. The number of rotatable bonds is 5. The van der Waals surface area contributed by atoms with Crippen LogP contribution in [0.3, 0.4) is 0 Å². The molecule has 0 radical (unpaired) electrons. The lowest BCUT2D eigenvalue weighted by molar-refractivity contribution is -0.0991. The normalized spacial score (nSPS) is 23.1. The molecule has 1 atom stereocenters. The number of nitrogens with one attached hydrogen (secondary N) is 1. The topological polar surface area (TPSA) is 58.6 Å². The lowest BCUT2D eigenvalue weighted by atomic mass is 9.99. The van der Waals surface area contributed by atoms with Crippen molar-refractivity contribution in [2.75, 3.05) is 26.0 Å². The molecule has 1 fully saturated rings. The standard InChI is InChI=1S/C15H24N2O3S/c1-15(2)12-20-14(9-16-21(3,18)19)11-17(15)10-13-7-5-4-6-8-13/h4-8,14,16H,9-12H2,1-3H3. The molecule has 1 heterocycles. The van der Waals surface area contributed by atoms with Crippen molar-refractivity contribution >= 4 is 10.0 Å². The molecule has 0 bridgehead atoms. The molecule has 1 aromatic rings. The summed E-state index contributed by atoms with van der Waals surface area (Å²) in [5, 5.41) is 0. The number of nitrogens with zero attached hydrogens (tertiary/aromatic N) is 1. The Hall–Kier alpha value is -0.950. The molecule has 5 nitrogen and oxygen atoms in total. The van der Waals surface area contributed by atoms with E-state index in [1.807, 2.05) is 18.2 Å². The van der Waals surface area contributed by atoms with Crippen molar-refractivity contribution < 1.29 is 13.2 Å². The lowest BCUT2D eigenvalue weighted by Gasteiger charge is -2.45. The van der Waals surface area contributed by atoms with Gasteiger partial charge in [-0.25, -0.2) is 13.1 Å². The van der Waals surface area contributed by atoms with Gasteiger partial charge in [0.05, 0.1) is 19.0 Å². The average Bonchev–Trinajstić information content (AvgIpc) is 2.40. The highest BCUT2D eigenvalue weighted by Crippen LogP contribution is 2.24. The van der Waals surface area contributed by atoms with Crippen LogP contribution in [0.2, 0.25) is 0 Å². The van der Waals surface area contributed by atoms with Crippen molar-refractivity contribution in [2.24, 2.45) is 0 Å². The smallest absolute Gasteiger partial charge is 0.208 e. The van der Waals surface area contributed by atoms with Gasteiger partial charge in [0.15, 0.2) is 0 Å². The predicted octanol–water partition coefficient (Wildman–Crippen LogP) is 1.22. The van der Waals surface area contributed by atoms with Crippen LogP contribution in [-0.2, 0) is 21.3 Å². The molecular weight excluding hydrogens is 288 g/mol. The van der Waals surface area contributed by atoms with Crippen LogP contribution in [0.4, 0.5) is 0 Å². The van der Waals surface area contributed by atoms with Crippen LogP contribution in [0, 0.1) is 0 Å². The Kier molecular flexibility index (Phi) is 5.03. The van der Waals surface area contributed by atoms with E-state index in [0.29, 0.717) is 19.7 Å². The summed E-state index contributed by atoms with van der Waals surface area (Å²) < 4.78 is 30.7. The number of morpholine rings is 1. The third-order valence-electron chi connectivity index (χ3n) is 3.74. The fourth-order valence-corrected chi connectivity index (χ4v) is 2.90. The SMILES string of the molecule is CC1(C)COC(CNS(C)(=O)=O)CN1Cc1ccccc1. The van der Waals surface area contributed by atoms with Crippen LogP contribution in [-0.4, -0.2) is 50.9 Å². The molecule has 1 aliphatic heterocycles. The van der Waals surface area contributed by atoms with E-state index in [1.165, 1.54) is 11.8 Å². The van der Waals surface area contributed by atoms with Gasteiger partial charge in [0.1, 0.15) is 0 Å². The van der Waals surface area contributed by atoms with Gasteiger partial charge in [0.2, 0.25) is 10.0 Å². The van der Waals surface area contributed by atoms with E-state index in [1.54, 1.807) is 0 Å². The van der Waals surface area contributed by atoms with E-state index >= 15 is 0 Å². The Balaban J connectivity index is 2.00. The van der Waals surface area contributed by atoms with Gasteiger partial charge in [-0.2, -0.15) is 0 Å². The van der Waals surface area contributed by atoms with Crippen molar-refractivity contribution in [2.45, 2.75) is 32.0 Å². The number of benzene rings is 1. The zero-order valence-corrected chi connectivity index (χ0v) is 13.7. The molecule has 1 aliphatic rings. The molecule has 0 saturated carbocycles. The van der Waals surface area contributed by atoms with Gasteiger partial charge in [-0.05, 0) is 19.4 Å². The van der Waals surface area contributed by atoms with Crippen LogP contribution in [0.5, 0.6) is 0 Å². The monoisotopic (exact) mass is 312 g/mol. The second-order valence-corrected chi connectivity index (χ2v) is 8.07. The molecule has 1 N–H and O–H groups in total. The van der Waals surface area contributed by atoms with Crippen molar-refractivity contribution in [3.63, 3.8) is 0 Å². The first-order chi connectivity index (χ1) is 9.76. The third kappa shape index (κ3) is 5.07. The first kappa shape index (κ1) is 16.4. The summed E-state index contributed by atoms with van der Waals surface area (Å²) in [6.45, 7) is 6.76. The van der Waals surface area contributed by atoms with Gasteiger partial charge in [-0.1, -0.05) is 30.3 Å². The average molecular weight is 312 g/mol. The van der Waals surface area contributed by atoms with Crippen molar-refractivity contribution in [3.8, 4) is 0 Å². The molecule has 1 saturated heterocycles. The number of ether oxygens (including phenoxy) is 1. The highest BCUT2D eigenvalue weighted by molar-refractivity contribution is 7.88. The molecular formula is C15H24N2O3S. The van der Waals surface area contributed by atoms with Gasteiger partial charge < -0.3 is 4.74 Å². The zero-order chi connectivity index (χ0) is 15.5. The number of hydrogen-bond acceptors (Lipinski definition) is 4. The van der Waals surface area contributed by atoms with Crippen LogP contribution >= 0.6 is 0 Å². The summed E-state index contributed by atoms with van der Waals surface area (Å²) in [7, 11) is -3.18. The summed E-state index contributed by atoms with van der Waals surface area (Å²) in [5.41, 5.74) is 1.19. The first-order valence-corrected chi connectivity index (χ1v) is 9.01. The lowest BCUT2D eigenvalue weighted by Crippen LogP contribution is -2.57. The Morgan fingerprint density at radius 2 is 2.00 bits per heavy atom. The van der Waals surface area contributed by atoms with Crippen LogP contribution in [0.1, 0.15) is 19.4 Å². The highest BCUT2D eigenvalue weighted by atomic mass is 32.2. The third-order valence-corrected chi connectivity index (χ3v) is 4.43. The maximum atomic E-state index is 11.2. The van der Waals surface area contributed by atoms with Crippen molar-refractivity contribution in [3.05, 3.63) is 35.9 Å². The fourth-order valence-electron chi connectivity index (χ4n) is 2.41. The largest absolute Gasteiger partial charge is 0.374 e. The van der Waals surface area contributed by atoms with Gasteiger partial charge in [-0.15, -0.1) is 0 Å². The van der Waals surface area contributed by atoms with E-state index in [2.05, 4.69) is 35.6 Å². The second-order valence-electron chi connectivity index (χ2n) is 6.23. The molecule has 0 aromatic heterocycles. The van der Waals surface area contributed by atoms with Crippen LogP contribution < -0.4 is 4.72 Å². The summed E-state index contributed by atoms with van der Waals surface area (Å²) in [5.74, 6) is 0. The van der Waals surface area contributed by atoms with Crippen molar-refractivity contribution in [1.82, 2.24) is 9.62 Å². The molecule has 2 rings (SSSR count). The molecule has 1 unspecified atom stereocenters. The van der Waals surface area contributed by atoms with Gasteiger partial charge in [0, 0.05) is 25.2 Å². The molecule has 0 aliphatic carbocycles. The molecule has 0 spiro atoms. The maximum Gasteiger partial charge on any atom is 0.208 e. The van der Waals surface area contributed by atoms with Gasteiger partial charge >= 0.3 is 0 Å². The minimum absolute atomic E-state index is 0.0581.